The van der Waals surface area contributed by atoms with Crippen LogP contribution in [0.3, 0.4) is 0 Å². The molecular formula is C28H25N5O7S. The van der Waals surface area contributed by atoms with Crippen LogP contribution < -0.4 is 10.6 Å². The van der Waals surface area contributed by atoms with Crippen LogP contribution in [-0.4, -0.2) is 61.9 Å². The zero-order valence-corrected chi connectivity index (χ0v) is 22.4. The average molecular weight is 576 g/mol. The summed E-state index contributed by atoms with van der Waals surface area (Å²) >= 11 is 1.09. The number of benzene rings is 2. The van der Waals surface area contributed by atoms with Crippen molar-refractivity contribution in [1.29, 1.82) is 10.5 Å². The Balaban J connectivity index is 1.54. The van der Waals surface area contributed by atoms with Gasteiger partial charge in [0.25, 0.3) is 11.8 Å². The molecule has 0 bridgehead atoms. The first-order valence-corrected chi connectivity index (χ1v) is 13.3. The van der Waals surface area contributed by atoms with Gasteiger partial charge in [-0.1, -0.05) is 36.0 Å². The highest BCUT2D eigenvalue weighted by atomic mass is 32.2. The number of aliphatic hydroxyl groups excluding tert-OH is 2. The molecule has 12 nitrogen and oxygen atoms in total. The highest BCUT2D eigenvalue weighted by molar-refractivity contribution is 8.04. The number of carboxylic acid groups (broad SMARTS) is 1. The third kappa shape index (κ3) is 6.07. The van der Waals surface area contributed by atoms with Crippen LogP contribution in [0.1, 0.15) is 63.3 Å². The molecule has 2 aliphatic rings. The maximum atomic E-state index is 12.6. The van der Waals surface area contributed by atoms with Crippen LogP contribution in [0, 0.1) is 22.7 Å². The van der Waals surface area contributed by atoms with Gasteiger partial charge in [-0.15, -0.1) is 0 Å². The molecule has 0 saturated carbocycles. The predicted octanol–water partition coefficient (Wildman–Crippen LogP) is 1.71. The molecule has 0 aliphatic carbocycles. The largest absolute Gasteiger partial charge is 0.477 e. The van der Waals surface area contributed by atoms with Gasteiger partial charge >= 0.3 is 5.97 Å². The van der Waals surface area contributed by atoms with Gasteiger partial charge in [0, 0.05) is 28.9 Å². The Kier molecular flexibility index (Phi) is 8.74. The first kappa shape index (κ1) is 29.3. The second-order valence-electron chi connectivity index (χ2n) is 9.40. The van der Waals surface area contributed by atoms with E-state index in [9.17, 15) is 34.5 Å². The van der Waals surface area contributed by atoms with Crippen molar-refractivity contribution >= 4 is 35.5 Å². The van der Waals surface area contributed by atoms with E-state index >= 15 is 0 Å². The molecule has 2 aromatic carbocycles. The van der Waals surface area contributed by atoms with E-state index in [0.29, 0.717) is 11.1 Å². The van der Waals surface area contributed by atoms with E-state index in [1.54, 1.807) is 30.3 Å². The van der Waals surface area contributed by atoms with Crippen molar-refractivity contribution in [3.8, 4) is 12.1 Å². The zero-order valence-electron chi connectivity index (χ0n) is 21.5. The summed E-state index contributed by atoms with van der Waals surface area (Å²) in [7, 11) is 0. The summed E-state index contributed by atoms with van der Waals surface area (Å²) in [6, 6.07) is 15.9. The fraction of sp³-hybridized carbons (Fsp3) is 0.286. The van der Waals surface area contributed by atoms with Crippen LogP contribution in [0.15, 0.2) is 59.1 Å². The van der Waals surface area contributed by atoms with Gasteiger partial charge in [0.05, 0.1) is 30.8 Å². The Bertz CT molecular complexity index is 1530. The summed E-state index contributed by atoms with van der Waals surface area (Å²) in [5.74, 6) is -2.79. The third-order valence-electron chi connectivity index (χ3n) is 6.70. The summed E-state index contributed by atoms with van der Waals surface area (Å²) in [6.07, 6.45) is -2.62. The SMILES string of the molecule is N#CCNC(=O)c1cccc([C@@H](O)CC2=C(C(=O)O)N3C(=O)CC3(C[C@H](O)c3cccc(C(=O)NCC#N)c3)S2)c1. The number of hydrogen-bond acceptors (Lipinski definition) is 9. The number of nitriles is 2. The van der Waals surface area contributed by atoms with Gasteiger partial charge < -0.3 is 26.0 Å². The van der Waals surface area contributed by atoms with Crippen molar-refractivity contribution in [2.24, 2.45) is 0 Å². The smallest absolute Gasteiger partial charge is 0.353 e. The molecule has 1 unspecified atom stereocenters. The van der Waals surface area contributed by atoms with E-state index in [1.807, 2.05) is 6.07 Å². The maximum Gasteiger partial charge on any atom is 0.353 e. The zero-order chi connectivity index (χ0) is 29.7. The van der Waals surface area contributed by atoms with Gasteiger partial charge in [-0.25, -0.2) is 4.79 Å². The molecular weight excluding hydrogens is 550 g/mol. The number of fused-ring (bicyclic) bond motifs is 1. The number of nitrogens with zero attached hydrogens (tertiary/aromatic N) is 3. The quantitative estimate of drug-likeness (QED) is 0.194. The Morgan fingerprint density at radius 1 is 0.951 bits per heavy atom. The summed E-state index contributed by atoms with van der Waals surface area (Å²) in [5, 5.41) is 54.2. The summed E-state index contributed by atoms with van der Waals surface area (Å²) < 4.78 is 0. The van der Waals surface area contributed by atoms with Gasteiger partial charge in [-0.05, 0) is 35.4 Å². The van der Waals surface area contributed by atoms with Crippen LogP contribution in [0.25, 0.3) is 0 Å². The van der Waals surface area contributed by atoms with Crippen molar-refractivity contribution in [1.82, 2.24) is 15.5 Å². The van der Waals surface area contributed by atoms with Gasteiger partial charge in [0.2, 0.25) is 5.91 Å². The summed E-state index contributed by atoms with van der Waals surface area (Å²) in [4.78, 5) is 49.6. The lowest BCUT2D eigenvalue weighted by atomic mass is 9.90. The molecule has 2 heterocycles. The lowest BCUT2D eigenvalue weighted by molar-refractivity contribution is -0.152. The lowest BCUT2D eigenvalue weighted by Gasteiger charge is -2.47. The first-order chi connectivity index (χ1) is 19.6. The minimum atomic E-state index is -1.36. The lowest BCUT2D eigenvalue weighted by Crippen LogP contribution is -2.59. The number of β-lactam (4-membered cyclic amide) rings is 1. The minimum Gasteiger partial charge on any atom is -0.477 e. The third-order valence-corrected chi connectivity index (χ3v) is 8.18. The van der Waals surface area contributed by atoms with E-state index in [2.05, 4.69) is 10.6 Å². The van der Waals surface area contributed by atoms with Crippen molar-refractivity contribution in [3.63, 3.8) is 0 Å². The number of rotatable bonds is 11. The average Bonchev–Trinajstić information content (AvgIpc) is 3.21. The number of aliphatic carboxylic acids is 1. The van der Waals surface area contributed by atoms with Crippen molar-refractivity contribution < 1.29 is 34.5 Å². The molecule has 5 N–H and O–H groups in total. The molecule has 3 amide bonds. The topological polar surface area (TPSA) is 204 Å². The fourth-order valence-corrected chi connectivity index (χ4v) is 6.53. The van der Waals surface area contributed by atoms with E-state index in [4.69, 9.17) is 10.5 Å². The van der Waals surface area contributed by atoms with E-state index in [1.165, 1.54) is 24.3 Å². The second-order valence-corrected chi connectivity index (χ2v) is 10.9. The molecule has 0 spiro atoms. The number of carbonyl (C=O) groups is 4. The van der Waals surface area contributed by atoms with E-state index < -0.39 is 40.8 Å². The number of amides is 3. The second kappa shape index (κ2) is 12.2. The number of thioether (sulfide) groups is 1. The number of carbonyl (C=O) groups excluding carboxylic acids is 3. The van der Waals surface area contributed by atoms with Gasteiger partial charge in [0.15, 0.2) is 0 Å². The van der Waals surface area contributed by atoms with Gasteiger partial charge in [0.1, 0.15) is 23.7 Å². The molecule has 41 heavy (non-hydrogen) atoms. The normalized spacial score (nSPS) is 18.8. The minimum absolute atomic E-state index is 0.0397. The van der Waals surface area contributed by atoms with Crippen molar-refractivity contribution in [2.75, 3.05) is 13.1 Å². The Morgan fingerprint density at radius 3 is 1.98 bits per heavy atom. The van der Waals surface area contributed by atoms with E-state index in [-0.39, 0.29) is 54.1 Å². The van der Waals surface area contributed by atoms with Crippen molar-refractivity contribution in [2.45, 2.75) is 36.3 Å². The predicted molar refractivity (Wildman–Crippen MR) is 144 cm³/mol. The molecule has 3 atom stereocenters. The molecule has 13 heteroatoms. The molecule has 2 aromatic rings. The highest BCUT2D eigenvalue weighted by Crippen LogP contribution is 2.59. The number of hydrogen-bond donors (Lipinski definition) is 5. The number of carboxylic acids is 1. The van der Waals surface area contributed by atoms with Gasteiger partial charge in [-0.2, -0.15) is 10.5 Å². The molecule has 0 radical (unpaired) electrons. The van der Waals surface area contributed by atoms with Crippen molar-refractivity contribution in [3.05, 3.63) is 81.4 Å². The standard InChI is InChI=1S/C28H25N5O7S/c29-7-9-31-25(37)18-5-1-3-16(11-18)20(34)13-22-24(27(39)40)33-23(36)15-28(33,41-22)14-21(35)17-4-2-6-19(12-17)26(38)32-10-8-30/h1-6,11-12,20-21,34-35H,9-10,13-15H2,(H,31,37)(H,32,38)(H,39,40)/t20-,21-,28?/m0/s1. The van der Waals surface area contributed by atoms with Crippen LogP contribution in [0.2, 0.25) is 0 Å². The highest BCUT2D eigenvalue weighted by Gasteiger charge is 2.60. The van der Waals surface area contributed by atoms with Crippen LogP contribution in [-0.2, 0) is 9.59 Å². The number of nitrogens with one attached hydrogen (secondary N) is 2. The Morgan fingerprint density at radius 2 is 1.49 bits per heavy atom. The molecule has 2 aliphatic heterocycles. The fourth-order valence-electron chi connectivity index (χ4n) is 4.83. The monoisotopic (exact) mass is 575 g/mol. The Labute approximate surface area is 238 Å². The van der Waals surface area contributed by atoms with Crippen LogP contribution >= 0.6 is 11.8 Å². The maximum absolute atomic E-state index is 12.6. The van der Waals surface area contributed by atoms with Crippen LogP contribution in [0.5, 0.6) is 0 Å². The molecule has 1 fully saturated rings. The van der Waals surface area contributed by atoms with Gasteiger partial charge in [-0.3, -0.25) is 19.3 Å². The Hall–Kier alpha value is -4.69. The molecule has 1 saturated heterocycles. The summed E-state index contributed by atoms with van der Waals surface area (Å²) in [5.41, 5.74) is 0.886. The molecule has 210 valence electrons. The summed E-state index contributed by atoms with van der Waals surface area (Å²) in [6.45, 7) is -0.368. The van der Waals surface area contributed by atoms with Crippen LogP contribution in [0.4, 0.5) is 0 Å². The van der Waals surface area contributed by atoms with E-state index in [0.717, 1.165) is 16.7 Å². The molecule has 4 rings (SSSR count). The molecule has 0 aromatic heterocycles. The number of aliphatic hydroxyl groups is 2. The first-order valence-electron chi connectivity index (χ1n) is 12.4.